The summed E-state index contributed by atoms with van der Waals surface area (Å²) in [5.74, 6) is -1.84. The molecule has 0 rings (SSSR count). The van der Waals surface area contributed by atoms with Gasteiger partial charge in [-0.25, -0.2) is 9.18 Å². The van der Waals surface area contributed by atoms with Crippen LogP contribution in [0, 0.1) is 0 Å². The first-order valence-corrected chi connectivity index (χ1v) is 5.12. The normalized spacial score (nSPS) is 16.0. The van der Waals surface area contributed by atoms with Crippen molar-refractivity contribution in [2.75, 3.05) is 0 Å². The first-order chi connectivity index (χ1) is 7.15. The second kappa shape index (κ2) is 5.50. The van der Waals surface area contributed by atoms with E-state index in [-0.39, 0.29) is 6.42 Å². The number of esters is 1. The highest BCUT2D eigenvalue weighted by Gasteiger charge is 2.62. The van der Waals surface area contributed by atoms with Gasteiger partial charge in [-0.2, -0.15) is 13.2 Å². The lowest BCUT2D eigenvalue weighted by Gasteiger charge is -2.26. The van der Waals surface area contributed by atoms with E-state index in [4.69, 9.17) is 0 Å². The SMILES string of the molecule is CCCCC(F)(C(=O)OC(C)C)C(F)(F)F. The van der Waals surface area contributed by atoms with Crippen molar-refractivity contribution in [2.45, 2.75) is 58.0 Å². The number of hydrogen-bond acceptors (Lipinski definition) is 2. The summed E-state index contributed by atoms with van der Waals surface area (Å²) in [6.45, 7) is 4.35. The number of halogens is 4. The third kappa shape index (κ3) is 3.64. The van der Waals surface area contributed by atoms with Crippen LogP contribution in [0.2, 0.25) is 0 Å². The van der Waals surface area contributed by atoms with Crippen molar-refractivity contribution in [3.8, 4) is 0 Å². The van der Waals surface area contributed by atoms with Crippen LogP contribution < -0.4 is 0 Å². The van der Waals surface area contributed by atoms with Gasteiger partial charge in [-0.3, -0.25) is 0 Å². The zero-order valence-electron chi connectivity index (χ0n) is 9.53. The fourth-order valence-corrected chi connectivity index (χ4v) is 1.09. The van der Waals surface area contributed by atoms with Crippen LogP contribution in [0.3, 0.4) is 0 Å². The van der Waals surface area contributed by atoms with Gasteiger partial charge in [0.15, 0.2) is 0 Å². The van der Waals surface area contributed by atoms with E-state index in [1.165, 1.54) is 13.8 Å². The van der Waals surface area contributed by atoms with Crippen LogP contribution in [0.25, 0.3) is 0 Å². The first kappa shape index (κ1) is 15.2. The Balaban J connectivity index is 4.85. The molecule has 0 aromatic carbocycles. The molecular weight excluding hydrogens is 228 g/mol. The quantitative estimate of drug-likeness (QED) is 0.547. The van der Waals surface area contributed by atoms with E-state index < -0.39 is 30.3 Å². The van der Waals surface area contributed by atoms with Gasteiger partial charge in [0, 0.05) is 6.42 Å². The molecule has 0 radical (unpaired) electrons. The molecule has 0 spiro atoms. The third-order valence-electron chi connectivity index (χ3n) is 1.99. The Bertz CT molecular complexity index is 237. The van der Waals surface area contributed by atoms with Crippen molar-refractivity contribution in [3.05, 3.63) is 0 Å². The number of carbonyl (C=O) groups is 1. The Morgan fingerprint density at radius 1 is 1.25 bits per heavy atom. The van der Waals surface area contributed by atoms with Crippen LogP contribution in [0.15, 0.2) is 0 Å². The van der Waals surface area contributed by atoms with E-state index in [1.807, 2.05) is 0 Å². The monoisotopic (exact) mass is 244 g/mol. The van der Waals surface area contributed by atoms with Gasteiger partial charge in [0.05, 0.1) is 6.10 Å². The van der Waals surface area contributed by atoms with Crippen LogP contribution in [-0.4, -0.2) is 23.9 Å². The number of carbonyl (C=O) groups excluding carboxylic acids is 1. The van der Waals surface area contributed by atoms with E-state index in [1.54, 1.807) is 6.92 Å². The molecule has 0 saturated heterocycles. The lowest BCUT2D eigenvalue weighted by atomic mass is 9.98. The number of rotatable bonds is 5. The van der Waals surface area contributed by atoms with Gasteiger partial charge in [-0.1, -0.05) is 13.3 Å². The highest BCUT2D eigenvalue weighted by atomic mass is 19.4. The molecular formula is C10H16F4O2. The van der Waals surface area contributed by atoms with Gasteiger partial charge >= 0.3 is 17.8 Å². The minimum absolute atomic E-state index is 0.0246. The lowest BCUT2D eigenvalue weighted by molar-refractivity contribution is -0.242. The highest BCUT2D eigenvalue weighted by Crippen LogP contribution is 2.39. The molecule has 0 aliphatic rings. The van der Waals surface area contributed by atoms with E-state index in [9.17, 15) is 22.4 Å². The Morgan fingerprint density at radius 2 is 1.75 bits per heavy atom. The maximum Gasteiger partial charge on any atom is 0.433 e. The van der Waals surface area contributed by atoms with Gasteiger partial charge in [-0.05, 0) is 20.3 Å². The van der Waals surface area contributed by atoms with Gasteiger partial charge in [-0.15, -0.1) is 0 Å². The number of hydrogen-bond donors (Lipinski definition) is 0. The molecule has 0 heterocycles. The number of ether oxygens (including phenoxy) is 1. The Labute approximate surface area is 92.0 Å². The lowest BCUT2D eigenvalue weighted by Crippen LogP contribution is -2.49. The van der Waals surface area contributed by atoms with Crippen molar-refractivity contribution < 1.29 is 27.1 Å². The molecule has 96 valence electrons. The third-order valence-corrected chi connectivity index (χ3v) is 1.99. The average Bonchev–Trinajstić information content (AvgIpc) is 2.10. The summed E-state index contributed by atoms with van der Waals surface area (Å²) in [7, 11) is 0. The van der Waals surface area contributed by atoms with Gasteiger partial charge in [0.25, 0.3) is 0 Å². The topological polar surface area (TPSA) is 26.3 Å². The summed E-state index contributed by atoms with van der Waals surface area (Å²) in [4.78, 5) is 11.1. The fourth-order valence-electron chi connectivity index (χ4n) is 1.09. The van der Waals surface area contributed by atoms with E-state index in [0.717, 1.165) is 0 Å². The van der Waals surface area contributed by atoms with Crippen LogP contribution in [0.5, 0.6) is 0 Å². The van der Waals surface area contributed by atoms with Crippen molar-refractivity contribution in [1.29, 1.82) is 0 Å². The van der Waals surface area contributed by atoms with Crippen molar-refractivity contribution in [3.63, 3.8) is 0 Å². The second-order valence-electron chi connectivity index (χ2n) is 3.86. The Kier molecular flexibility index (Phi) is 5.22. The van der Waals surface area contributed by atoms with Crippen LogP contribution in [0.1, 0.15) is 40.0 Å². The molecule has 0 amide bonds. The Hall–Kier alpha value is -0.810. The van der Waals surface area contributed by atoms with Crippen molar-refractivity contribution in [2.24, 2.45) is 0 Å². The number of alkyl halides is 4. The minimum atomic E-state index is -5.23. The van der Waals surface area contributed by atoms with Gasteiger partial charge in [0.2, 0.25) is 0 Å². The molecule has 0 fully saturated rings. The maximum absolute atomic E-state index is 13.6. The summed E-state index contributed by atoms with van der Waals surface area (Å²) in [5.41, 5.74) is -3.88. The van der Waals surface area contributed by atoms with Crippen LogP contribution >= 0.6 is 0 Å². The zero-order chi connectivity index (χ0) is 13.0. The van der Waals surface area contributed by atoms with E-state index in [0.29, 0.717) is 6.42 Å². The average molecular weight is 244 g/mol. The molecule has 0 aliphatic carbocycles. The smallest absolute Gasteiger partial charge is 0.433 e. The number of unbranched alkanes of at least 4 members (excludes halogenated alkanes) is 1. The summed E-state index contributed by atoms with van der Waals surface area (Å²) in [6, 6.07) is 0. The summed E-state index contributed by atoms with van der Waals surface area (Å²) >= 11 is 0. The molecule has 16 heavy (non-hydrogen) atoms. The second-order valence-corrected chi connectivity index (χ2v) is 3.86. The van der Waals surface area contributed by atoms with Gasteiger partial charge < -0.3 is 4.74 Å². The predicted octanol–water partition coefficient (Wildman–Crippen LogP) is 3.40. The molecule has 1 atom stereocenters. The van der Waals surface area contributed by atoms with Gasteiger partial charge in [0.1, 0.15) is 0 Å². The summed E-state index contributed by atoms with van der Waals surface area (Å²) < 4.78 is 55.3. The molecule has 0 bridgehead atoms. The minimum Gasteiger partial charge on any atom is -0.460 e. The molecule has 0 aromatic rings. The zero-order valence-corrected chi connectivity index (χ0v) is 9.53. The maximum atomic E-state index is 13.6. The van der Waals surface area contributed by atoms with Crippen LogP contribution in [0.4, 0.5) is 17.6 Å². The molecule has 0 aromatic heterocycles. The van der Waals surface area contributed by atoms with E-state index >= 15 is 0 Å². The fraction of sp³-hybridized carbons (Fsp3) is 0.900. The highest BCUT2D eigenvalue weighted by molar-refractivity contribution is 5.80. The molecule has 6 heteroatoms. The van der Waals surface area contributed by atoms with E-state index in [2.05, 4.69) is 4.74 Å². The standard InChI is InChI=1S/C10H16F4O2/c1-4-5-6-9(11,10(12,13)14)8(15)16-7(2)3/h7H,4-6H2,1-3H3. The van der Waals surface area contributed by atoms with Crippen molar-refractivity contribution in [1.82, 2.24) is 0 Å². The van der Waals surface area contributed by atoms with Crippen molar-refractivity contribution >= 4 is 5.97 Å². The Morgan fingerprint density at radius 3 is 2.06 bits per heavy atom. The largest absolute Gasteiger partial charge is 0.460 e. The molecule has 1 unspecified atom stereocenters. The molecule has 2 nitrogen and oxygen atoms in total. The molecule has 0 saturated carbocycles. The summed E-state index contributed by atoms with van der Waals surface area (Å²) in [5, 5.41) is 0. The molecule has 0 aliphatic heterocycles. The molecule has 0 N–H and O–H groups in total. The predicted molar refractivity (Wildman–Crippen MR) is 50.6 cm³/mol. The first-order valence-electron chi connectivity index (χ1n) is 5.12. The summed E-state index contributed by atoms with van der Waals surface area (Å²) in [6.07, 6.45) is -6.54. The van der Waals surface area contributed by atoms with Crippen LogP contribution in [-0.2, 0) is 9.53 Å².